The average molecular weight is 310 g/mol. The maximum absolute atomic E-state index is 5.97. The van der Waals surface area contributed by atoms with Crippen LogP contribution in [0.5, 0.6) is 0 Å². The third-order valence-electron chi connectivity index (χ3n) is 3.13. The third-order valence-corrected chi connectivity index (χ3v) is 4.35. The van der Waals surface area contributed by atoms with Crippen LogP contribution in [0.1, 0.15) is 35.9 Å². The molecule has 2 aromatic heterocycles. The van der Waals surface area contributed by atoms with E-state index in [9.17, 15) is 0 Å². The first-order chi connectivity index (χ1) is 9.49. The number of halogens is 1. The lowest BCUT2D eigenvalue weighted by Crippen LogP contribution is -2.18. The van der Waals surface area contributed by atoms with Crippen molar-refractivity contribution in [3.63, 3.8) is 0 Å². The quantitative estimate of drug-likeness (QED) is 0.907. The minimum absolute atomic E-state index is 0.393. The van der Waals surface area contributed by atoms with Crippen molar-refractivity contribution < 1.29 is 0 Å². The lowest BCUT2D eigenvalue weighted by molar-refractivity contribution is 0.801. The molecule has 0 aromatic carbocycles. The van der Waals surface area contributed by atoms with E-state index in [0.717, 1.165) is 28.0 Å². The summed E-state index contributed by atoms with van der Waals surface area (Å²) in [4.78, 5) is 8.08. The second-order valence-electron chi connectivity index (χ2n) is 5.18. The Hall–Kier alpha value is -1.10. The molecule has 2 heterocycles. The van der Waals surface area contributed by atoms with Gasteiger partial charge in [0.1, 0.15) is 5.82 Å². The number of nitrogens with zero attached hydrogens (tertiary/aromatic N) is 2. The second kappa shape index (κ2) is 6.57. The minimum Gasteiger partial charge on any atom is -0.355 e. The fourth-order valence-corrected chi connectivity index (χ4v) is 3.10. The van der Waals surface area contributed by atoms with Gasteiger partial charge in [-0.25, -0.2) is 4.98 Å². The van der Waals surface area contributed by atoms with E-state index in [0.29, 0.717) is 12.5 Å². The van der Waals surface area contributed by atoms with E-state index in [2.05, 4.69) is 36.9 Å². The Morgan fingerprint density at radius 2 is 2.10 bits per heavy atom. The zero-order valence-corrected chi connectivity index (χ0v) is 13.6. The average Bonchev–Trinajstić information content (AvgIpc) is 2.83. The number of anilines is 1. The lowest BCUT2D eigenvalue weighted by atomic mass is 10.1. The number of rotatable bonds is 5. The van der Waals surface area contributed by atoms with Gasteiger partial charge in [0.15, 0.2) is 0 Å². The SMILES string of the molecule is CC(C)c1cc(CN)cc(N(C)Cc2ccc(Cl)s2)n1. The fraction of sp³-hybridized carbons (Fsp3) is 0.400. The topological polar surface area (TPSA) is 42.1 Å². The number of aromatic nitrogens is 1. The molecule has 2 rings (SSSR count). The van der Waals surface area contributed by atoms with E-state index < -0.39 is 0 Å². The molecule has 0 spiro atoms. The number of hydrogen-bond donors (Lipinski definition) is 1. The Balaban J connectivity index is 2.24. The molecule has 0 unspecified atom stereocenters. The molecule has 0 saturated heterocycles. The standard InChI is InChI=1S/C15H20ClN3S/c1-10(2)13-6-11(8-17)7-15(18-13)19(3)9-12-4-5-14(16)20-12/h4-7,10H,8-9,17H2,1-3H3. The van der Waals surface area contributed by atoms with Gasteiger partial charge in [0, 0.05) is 24.2 Å². The molecule has 0 fully saturated rings. The highest BCUT2D eigenvalue weighted by atomic mass is 35.5. The summed E-state index contributed by atoms with van der Waals surface area (Å²) in [7, 11) is 2.04. The summed E-state index contributed by atoms with van der Waals surface area (Å²) in [6.07, 6.45) is 0. The summed E-state index contributed by atoms with van der Waals surface area (Å²) in [5.41, 5.74) is 7.98. The molecule has 20 heavy (non-hydrogen) atoms. The van der Waals surface area contributed by atoms with E-state index >= 15 is 0 Å². The predicted octanol–water partition coefficient (Wildman–Crippen LogP) is 4.02. The van der Waals surface area contributed by atoms with E-state index in [1.165, 1.54) is 4.88 Å². The zero-order chi connectivity index (χ0) is 14.7. The molecule has 0 bridgehead atoms. The molecule has 0 aliphatic rings. The highest BCUT2D eigenvalue weighted by Gasteiger charge is 2.10. The predicted molar refractivity (Wildman–Crippen MR) is 87.7 cm³/mol. The lowest BCUT2D eigenvalue weighted by Gasteiger charge is -2.20. The molecule has 0 atom stereocenters. The van der Waals surface area contributed by atoms with Crippen LogP contribution in [-0.4, -0.2) is 12.0 Å². The number of hydrogen-bond acceptors (Lipinski definition) is 4. The summed E-state index contributed by atoms with van der Waals surface area (Å²) in [6, 6.07) is 8.13. The Bertz CT molecular complexity index is 580. The van der Waals surface area contributed by atoms with Gasteiger partial charge in [-0.05, 0) is 35.7 Å². The zero-order valence-electron chi connectivity index (χ0n) is 12.1. The highest BCUT2D eigenvalue weighted by molar-refractivity contribution is 7.16. The third kappa shape index (κ3) is 3.72. The van der Waals surface area contributed by atoms with E-state index in [-0.39, 0.29) is 0 Å². The number of thiophene rings is 1. The Morgan fingerprint density at radius 1 is 1.35 bits per heavy atom. The summed E-state index contributed by atoms with van der Waals surface area (Å²) in [5, 5.41) is 0. The monoisotopic (exact) mass is 309 g/mol. The van der Waals surface area contributed by atoms with Crippen LogP contribution in [-0.2, 0) is 13.1 Å². The van der Waals surface area contributed by atoms with Crippen molar-refractivity contribution in [2.75, 3.05) is 11.9 Å². The smallest absolute Gasteiger partial charge is 0.129 e. The molecular weight excluding hydrogens is 290 g/mol. The van der Waals surface area contributed by atoms with Crippen LogP contribution in [0.3, 0.4) is 0 Å². The fourth-order valence-electron chi connectivity index (χ4n) is 1.95. The van der Waals surface area contributed by atoms with Crippen LogP contribution < -0.4 is 10.6 Å². The van der Waals surface area contributed by atoms with Crippen molar-refractivity contribution in [1.82, 2.24) is 4.98 Å². The maximum atomic E-state index is 5.97. The largest absolute Gasteiger partial charge is 0.355 e. The molecule has 108 valence electrons. The van der Waals surface area contributed by atoms with Crippen LogP contribution in [0.15, 0.2) is 24.3 Å². The van der Waals surface area contributed by atoms with Crippen LogP contribution in [0.2, 0.25) is 4.34 Å². The van der Waals surface area contributed by atoms with Crippen molar-refractivity contribution in [2.45, 2.75) is 32.9 Å². The van der Waals surface area contributed by atoms with Crippen LogP contribution in [0, 0.1) is 0 Å². The number of pyridine rings is 1. The van der Waals surface area contributed by atoms with Gasteiger partial charge in [-0.1, -0.05) is 25.4 Å². The highest BCUT2D eigenvalue weighted by Crippen LogP contribution is 2.25. The second-order valence-corrected chi connectivity index (χ2v) is 6.98. The van der Waals surface area contributed by atoms with Gasteiger partial charge in [0.05, 0.1) is 10.9 Å². The normalized spacial score (nSPS) is 11.1. The molecule has 3 nitrogen and oxygen atoms in total. The number of nitrogens with two attached hydrogens (primary N) is 1. The van der Waals surface area contributed by atoms with Crippen LogP contribution in [0.4, 0.5) is 5.82 Å². The molecule has 5 heteroatoms. The molecule has 2 aromatic rings. The summed E-state index contributed by atoms with van der Waals surface area (Å²) < 4.78 is 0.819. The summed E-state index contributed by atoms with van der Waals surface area (Å²) in [5.74, 6) is 1.35. The van der Waals surface area contributed by atoms with Crippen molar-refractivity contribution in [3.05, 3.63) is 44.7 Å². The molecule has 0 aliphatic heterocycles. The van der Waals surface area contributed by atoms with Gasteiger partial charge in [0.25, 0.3) is 0 Å². The Labute approximate surface area is 129 Å². The first-order valence-electron chi connectivity index (χ1n) is 6.66. The van der Waals surface area contributed by atoms with Crippen molar-refractivity contribution in [2.24, 2.45) is 5.73 Å². The van der Waals surface area contributed by atoms with Gasteiger partial charge < -0.3 is 10.6 Å². The first-order valence-corrected chi connectivity index (χ1v) is 7.85. The van der Waals surface area contributed by atoms with Crippen molar-refractivity contribution in [1.29, 1.82) is 0 Å². The molecule has 0 radical (unpaired) electrons. The Kier molecular flexibility index (Phi) is 5.02. The van der Waals surface area contributed by atoms with E-state index in [4.69, 9.17) is 22.3 Å². The molecular formula is C15H20ClN3S. The Morgan fingerprint density at radius 3 is 2.65 bits per heavy atom. The van der Waals surface area contributed by atoms with Crippen molar-refractivity contribution in [3.8, 4) is 0 Å². The van der Waals surface area contributed by atoms with Crippen molar-refractivity contribution >= 4 is 28.8 Å². The van der Waals surface area contributed by atoms with Gasteiger partial charge in [0.2, 0.25) is 0 Å². The van der Waals surface area contributed by atoms with E-state index in [1.54, 1.807) is 11.3 Å². The van der Waals surface area contributed by atoms with Crippen LogP contribution in [0.25, 0.3) is 0 Å². The summed E-state index contributed by atoms with van der Waals surface area (Å²) in [6.45, 7) is 5.63. The molecule has 0 saturated carbocycles. The van der Waals surface area contributed by atoms with Gasteiger partial charge in [-0.3, -0.25) is 0 Å². The summed E-state index contributed by atoms with van der Waals surface area (Å²) >= 11 is 7.57. The first kappa shape index (κ1) is 15.3. The molecule has 0 amide bonds. The van der Waals surface area contributed by atoms with Gasteiger partial charge >= 0.3 is 0 Å². The van der Waals surface area contributed by atoms with Gasteiger partial charge in [-0.15, -0.1) is 11.3 Å². The van der Waals surface area contributed by atoms with Gasteiger partial charge in [-0.2, -0.15) is 0 Å². The van der Waals surface area contributed by atoms with Crippen LogP contribution >= 0.6 is 22.9 Å². The molecule has 0 aliphatic carbocycles. The molecule has 2 N–H and O–H groups in total. The van der Waals surface area contributed by atoms with E-state index in [1.807, 2.05) is 13.1 Å². The minimum atomic E-state index is 0.393. The maximum Gasteiger partial charge on any atom is 0.129 e.